The third-order valence-electron chi connectivity index (χ3n) is 2.58. The van der Waals surface area contributed by atoms with E-state index in [4.69, 9.17) is 4.74 Å². The summed E-state index contributed by atoms with van der Waals surface area (Å²) >= 11 is 0. The van der Waals surface area contributed by atoms with E-state index in [1.165, 1.54) is 0 Å². The maximum absolute atomic E-state index is 12.8. The Labute approximate surface area is 112 Å². The lowest BCUT2D eigenvalue weighted by Crippen LogP contribution is -2.16. The van der Waals surface area contributed by atoms with Crippen LogP contribution in [-0.4, -0.2) is 32.4 Å². The number of methoxy groups -OCH3 is 3. The molecule has 5 nitrogen and oxygen atoms in total. The molecule has 1 rings (SSSR count). The quantitative estimate of drug-likeness (QED) is 0.860. The van der Waals surface area contributed by atoms with Crippen molar-refractivity contribution in [2.45, 2.75) is 12.3 Å². The number of hydrogen-bond acceptors (Lipinski definition) is 5. The summed E-state index contributed by atoms with van der Waals surface area (Å²) in [5.41, 5.74) is -1.25. The Kier molecular flexibility index (Phi) is 4.83. The lowest BCUT2D eigenvalue weighted by molar-refractivity contribution is -0.150. The Balaban J connectivity index is 3.47. The number of rotatable bonds is 4. The Morgan fingerprint density at radius 1 is 1.15 bits per heavy atom. The van der Waals surface area contributed by atoms with Crippen LogP contribution in [0.1, 0.15) is 17.2 Å². The van der Waals surface area contributed by atoms with Gasteiger partial charge in [0, 0.05) is 5.56 Å². The van der Waals surface area contributed by atoms with Crippen LogP contribution in [0.4, 0.5) is 13.2 Å². The zero-order chi connectivity index (χ0) is 15.5. The molecule has 1 aromatic rings. The molecule has 0 aliphatic heterocycles. The van der Waals surface area contributed by atoms with Gasteiger partial charge in [-0.15, -0.1) is 0 Å². The van der Waals surface area contributed by atoms with Crippen molar-refractivity contribution in [3.05, 3.63) is 23.3 Å². The first-order chi connectivity index (χ1) is 9.27. The first-order valence-electron chi connectivity index (χ1n) is 5.35. The number of benzene rings is 1. The van der Waals surface area contributed by atoms with E-state index in [1.807, 2.05) is 0 Å². The summed E-state index contributed by atoms with van der Waals surface area (Å²) in [4.78, 5) is 11.3. The summed E-state index contributed by atoms with van der Waals surface area (Å²) < 4.78 is 52.3. The molecule has 1 atom stereocenters. The van der Waals surface area contributed by atoms with Crippen molar-refractivity contribution < 1.29 is 37.3 Å². The second-order valence-corrected chi connectivity index (χ2v) is 3.69. The van der Waals surface area contributed by atoms with Crippen molar-refractivity contribution >= 4 is 5.97 Å². The van der Waals surface area contributed by atoms with Crippen LogP contribution in [0.5, 0.6) is 11.5 Å². The van der Waals surface area contributed by atoms with Crippen LogP contribution in [0.3, 0.4) is 0 Å². The van der Waals surface area contributed by atoms with Crippen LogP contribution < -0.4 is 9.47 Å². The van der Waals surface area contributed by atoms with Crippen LogP contribution in [0.15, 0.2) is 12.1 Å². The van der Waals surface area contributed by atoms with Gasteiger partial charge in [-0.3, -0.25) is 0 Å². The number of hydrogen-bond donors (Lipinski definition) is 1. The maximum Gasteiger partial charge on any atom is 0.420 e. The molecule has 1 unspecified atom stereocenters. The summed E-state index contributed by atoms with van der Waals surface area (Å²) in [7, 11) is 3.17. The molecule has 8 heteroatoms. The topological polar surface area (TPSA) is 65.0 Å². The Bertz CT molecular complexity index is 499. The lowest BCUT2D eigenvalue weighted by Gasteiger charge is -2.19. The van der Waals surface area contributed by atoms with Gasteiger partial charge in [0.05, 0.1) is 21.3 Å². The number of aliphatic hydroxyl groups is 1. The molecule has 0 saturated heterocycles. The van der Waals surface area contributed by atoms with Crippen LogP contribution >= 0.6 is 0 Å². The highest BCUT2D eigenvalue weighted by atomic mass is 19.4. The highest BCUT2D eigenvalue weighted by molar-refractivity contribution is 5.78. The van der Waals surface area contributed by atoms with Gasteiger partial charge in [-0.05, 0) is 6.07 Å². The molecule has 0 aliphatic rings. The van der Waals surface area contributed by atoms with Gasteiger partial charge >= 0.3 is 12.1 Å². The molecule has 0 spiro atoms. The monoisotopic (exact) mass is 294 g/mol. The largest absolute Gasteiger partial charge is 0.492 e. The molecule has 0 fully saturated rings. The van der Waals surface area contributed by atoms with E-state index in [9.17, 15) is 23.1 Å². The molecule has 0 bridgehead atoms. The first kappa shape index (κ1) is 16.1. The first-order valence-corrected chi connectivity index (χ1v) is 5.35. The third kappa shape index (κ3) is 2.96. The number of ether oxygens (including phenoxy) is 3. The lowest BCUT2D eigenvalue weighted by atomic mass is 10.0. The molecule has 20 heavy (non-hydrogen) atoms. The minimum absolute atomic E-state index is 0.177. The molecule has 0 heterocycles. The van der Waals surface area contributed by atoms with Crippen molar-refractivity contribution in [1.29, 1.82) is 0 Å². The molecule has 1 aromatic carbocycles. The van der Waals surface area contributed by atoms with Gasteiger partial charge in [0.25, 0.3) is 0 Å². The van der Waals surface area contributed by atoms with E-state index in [-0.39, 0.29) is 11.3 Å². The second-order valence-electron chi connectivity index (χ2n) is 3.69. The number of aliphatic hydroxyl groups excluding tert-OH is 1. The number of esters is 1. The maximum atomic E-state index is 12.8. The smallest absolute Gasteiger partial charge is 0.420 e. The fourth-order valence-corrected chi connectivity index (χ4v) is 1.67. The fourth-order valence-electron chi connectivity index (χ4n) is 1.67. The predicted molar refractivity (Wildman–Crippen MR) is 61.5 cm³/mol. The molecule has 1 N–H and O–H groups in total. The molecule has 0 saturated carbocycles. The average Bonchev–Trinajstić information content (AvgIpc) is 2.42. The molecule has 112 valence electrons. The normalized spacial score (nSPS) is 12.8. The van der Waals surface area contributed by atoms with Crippen LogP contribution in [-0.2, 0) is 15.7 Å². The fraction of sp³-hybridized carbons (Fsp3) is 0.417. The van der Waals surface area contributed by atoms with Crippen molar-refractivity contribution in [1.82, 2.24) is 0 Å². The van der Waals surface area contributed by atoms with Crippen molar-refractivity contribution in [2.75, 3.05) is 21.3 Å². The highest BCUT2D eigenvalue weighted by Crippen LogP contribution is 2.44. The third-order valence-corrected chi connectivity index (χ3v) is 2.58. The number of alkyl halides is 3. The molecule has 0 aromatic heterocycles. The Morgan fingerprint density at radius 3 is 2.10 bits per heavy atom. The summed E-state index contributed by atoms with van der Waals surface area (Å²) in [6, 6.07) is 1.63. The van der Waals surface area contributed by atoms with Gasteiger partial charge in [-0.2, -0.15) is 13.2 Å². The minimum Gasteiger partial charge on any atom is -0.492 e. The minimum atomic E-state index is -4.66. The summed E-state index contributed by atoms with van der Waals surface area (Å²) in [6.45, 7) is 0. The van der Waals surface area contributed by atoms with Gasteiger partial charge in [0.1, 0.15) is 5.56 Å². The van der Waals surface area contributed by atoms with Crippen LogP contribution in [0, 0.1) is 0 Å². The van der Waals surface area contributed by atoms with Gasteiger partial charge in [-0.25, -0.2) is 4.79 Å². The van der Waals surface area contributed by atoms with E-state index in [1.54, 1.807) is 0 Å². The summed E-state index contributed by atoms with van der Waals surface area (Å²) in [6.07, 6.45) is -6.43. The average molecular weight is 294 g/mol. The molecule has 0 radical (unpaired) electrons. The number of carbonyl (C=O) groups excluding carboxylic acids is 1. The second kappa shape index (κ2) is 6.00. The molecular formula is C12H13F3O5. The van der Waals surface area contributed by atoms with Crippen molar-refractivity contribution in [2.24, 2.45) is 0 Å². The highest BCUT2D eigenvalue weighted by Gasteiger charge is 2.37. The van der Waals surface area contributed by atoms with E-state index < -0.39 is 29.6 Å². The molecule has 0 amide bonds. The Morgan fingerprint density at radius 2 is 1.70 bits per heavy atom. The molecular weight excluding hydrogens is 281 g/mol. The van der Waals surface area contributed by atoms with E-state index in [0.717, 1.165) is 27.4 Å². The van der Waals surface area contributed by atoms with Gasteiger partial charge in [0.2, 0.25) is 0 Å². The number of halogens is 3. The van der Waals surface area contributed by atoms with E-state index in [0.29, 0.717) is 6.07 Å². The van der Waals surface area contributed by atoms with Crippen LogP contribution in [0.25, 0.3) is 0 Å². The van der Waals surface area contributed by atoms with Crippen LogP contribution in [0.2, 0.25) is 0 Å². The SMILES string of the molecule is COC(=O)C(O)c1ccc(C(F)(F)F)c(OC)c1OC. The summed E-state index contributed by atoms with van der Waals surface area (Å²) in [5.74, 6) is -2.01. The van der Waals surface area contributed by atoms with Gasteiger partial charge < -0.3 is 19.3 Å². The summed E-state index contributed by atoms with van der Waals surface area (Å²) in [5, 5.41) is 9.72. The van der Waals surface area contributed by atoms with E-state index in [2.05, 4.69) is 9.47 Å². The number of carbonyl (C=O) groups is 1. The zero-order valence-corrected chi connectivity index (χ0v) is 10.9. The van der Waals surface area contributed by atoms with Gasteiger partial charge in [-0.1, -0.05) is 6.07 Å². The molecule has 0 aliphatic carbocycles. The zero-order valence-electron chi connectivity index (χ0n) is 10.9. The van der Waals surface area contributed by atoms with Gasteiger partial charge in [0.15, 0.2) is 17.6 Å². The van der Waals surface area contributed by atoms with Crippen molar-refractivity contribution in [3.8, 4) is 11.5 Å². The van der Waals surface area contributed by atoms with Crippen molar-refractivity contribution in [3.63, 3.8) is 0 Å². The Hall–Kier alpha value is -1.96. The predicted octanol–water partition coefficient (Wildman–Crippen LogP) is 1.93. The van der Waals surface area contributed by atoms with E-state index >= 15 is 0 Å². The standard InChI is InChI=1S/C12H13F3O5/c1-18-9-6(8(16)11(17)20-3)4-5-7(10(9)19-2)12(13,14)15/h4-5,8,16H,1-3H3.